The molecule has 1 unspecified atom stereocenters. The van der Waals surface area contributed by atoms with Crippen molar-refractivity contribution >= 4 is 6.09 Å². The van der Waals surface area contributed by atoms with E-state index in [1.807, 2.05) is 0 Å². The molecule has 1 amide bonds. The molecular weight excluding hydrogens is 246 g/mol. The molecule has 4 N–H and O–H groups in total. The molecule has 0 bridgehead atoms. The average Bonchev–Trinajstić information content (AvgIpc) is 2.27. The van der Waals surface area contributed by atoms with E-state index in [4.69, 9.17) is 5.73 Å². The lowest BCUT2D eigenvalue weighted by Gasteiger charge is -2.13. The number of ether oxygens (including phenoxy) is 1. The minimum absolute atomic E-state index is 0.0157. The summed E-state index contributed by atoms with van der Waals surface area (Å²) in [5.41, 5.74) is 4.34. The molecule has 18 heavy (non-hydrogen) atoms. The third-order valence-corrected chi connectivity index (χ3v) is 2.19. The van der Waals surface area contributed by atoms with Crippen molar-refractivity contribution in [3.63, 3.8) is 0 Å². The number of nitrogens with one attached hydrogen (secondary N) is 1. The predicted octanol–water partition coefficient (Wildman–Crippen LogP) is 0.683. The fraction of sp³-hybridized carbons (Fsp3) is 0.364. The molecule has 5 nitrogen and oxygen atoms in total. The monoisotopic (exact) mass is 260 g/mol. The van der Waals surface area contributed by atoms with Crippen LogP contribution in [0.5, 0.6) is 0 Å². The number of halogens is 2. The number of nitrogens with two attached hydrogens (primary N) is 1. The first-order valence-corrected chi connectivity index (χ1v) is 5.27. The molecule has 0 aliphatic heterocycles. The lowest BCUT2D eigenvalue weighted by Crippen LogP contribution is -2.28. The van der Waals surface area contributed by atoms with Gasteiger partial charge in [-0.3, -0.25) is 0 Å². The first-order chi connectivity index (χ1) is 8.52. The summed E-state index contributed by atoms with van der Waals surface area (Å²) in [4.78, 5) is 10.2. The Morgan fingerprint density at radius 1 is 1.44 bits per heavy atom. The van der Waals surface area contributed by atoms with Crippen LogP contribution in [0.3, 0.4) is 0 Å². The first-order valence-electron chi connectivity index (χ1n) is 5.27. The number of rotatable bonds is 6. The Bertz CT molecular complexity index is 395. The normalized spacial score (nSPS) is 12.2. The van der Waals surface area contributed by atoms with Crippen LogP contribution in [-0.4, -0.2) is 30.9 Å². The summed E-state index contributed by atoms with van der Waals surface area (Å²) in [5, 5.41) is 12.3. The Kier molecular flexibility index (Phi) is 5.47. The van der Waals surface area contributed by atoms with Gasteiger partial charge in [0, 0.05) is 13.1 Å². The number of carbonyl (C=O) groups excluding carboxylic acids is 1. The maximum atomic E-state index is 13.3. The highest BCUT2D eigenvalue weighted by Gasteiger charge is 2.16. The van der Waals surface area contributed by atoms with Gasteiger partial charge in [0.25, 0.3) is 0 Å². The number of hydrogen-bond acceptors (Lipinski definition) is 4. The van der Waals surface area contributed by atoms with Crippen LogP contribution in [0.2, 0.25) is 0 Å². The zero-order valence-electron chi connectivity index (χ0n) is 9.53. The average molecular weight is 260 g/mol. The van der Waals surface area contributed by atoms with Crippen LogP contribution in [0.25, 0.3) is 0 Å². The molecule has 0 saturated heterocycles. The zero-order chi connectivity index (χ0) is 13.5. The fourth-order valence-electron chi connectivity index (χ4n) is 1.39. The Balaban J connectivity index is 2.41. The van der Waals surface area contributed by atoms with E-state index in [9.17, 15) is 18.7 Å². The zero-order valence-corrected chi connectivity index (χ0v) is 9.53. The molecule has 100 valence electrons. The molecule has 0 radical (unpaired) electrons. The summed E-state index contributed by atoms with van der Waals surface area (Å²) < 4.78 is 31.0. The molecule has 0 aliphatic carbocycles. The van der Waals surface area contributed by atoms with E-state index in [0.717, 1.165) is 12.1 Å². The number of benzene rings is 1. The van der Waals surface area contributed by atoms with Gasteiger partial charge in [-0.2, -0.15) is 0 Å². The molecule has 0 heterocycles. The van der Waals surface area contributed by atoms with Crippen LogP contribution in [0.4, 0.5) is 13.6 Å². The predicted molar refractivity (Wildman–Crippen MR) is 59.7 cm³/mol. The van der Waals surface area contributed by atoms with Crippen LogP contribution in [-0.2, 0) is 4.74 Å². The largest absolute Gasteiger partial charge is 0.448 e. The van der Waals surface area contributed by atoms with Crippen molar-refractivity contribution in [1.82, 2.24) is 5.32 Å². The highest BCUT2D eigenvalue weighted by Crippen LogP contribution is 2.19. The first kappa shape index (κ1) is 14.3. The Labute approximate surface area is 103 Å². The van der Waals surface area contributed by atoms with Gasteiger partial charge in [0.1, 0.15) is 18.2 Å². The van der Waals surface area contributed by atoms with Crippen LogP contribution < -0.4 is 11.1 Å². The van der Waals surface area contributed by atoms with E-state index in [2.05, 4.69) is 10.1 Å². The summed E-state index contributed by atoms with van der Waals surface area (Å²) in [5.74, 6) is -1.62. The molecule has 1 aromatic carbocycles. The van der Waals surface area contributed by atoms with Crippen LogP contribution in [0.1, 0.15) is 11.7 Å². The lowest BCUT2D eigenvalue weighted by atomic mass is 10.1. The van der Waals surface area contributed by atoms with Crippen molar-refractivity contribution in [2.75, 3.05) is 19.7 Å². The van der Waals surface area contributed by atoms with Crippen molar-refractivity contribution in [3.05, 3.63) is 35.4 Å². The van der Waals surface area contributed by atoms with Gasteiger partial charge in [0.15, 0.2) is 0 Å². The van der Waals surface area contributed by atoms with Crippen molar-refractivity contribution < 1.29 is 23.4 Å². The van der Waals surface area contributed by atoms with Crippen LogP contribution in [0, 0.1) is 11.6 Å². The highest BCUT2D eigenvalue weighted by atomic mass is 19.1. The fourth-order valence-corrected chi connectivity index (χ4v) is 1.39. The number of hydrogen-bond donors (Lipinski definition) is 3. The van der Waals surface area contributed by atoms with Gasteiger partial charge in [0.05, 0.1) is 11.7 Å². The lowest BCUT2D eigenvalue weighted by molar-refractivity contribution is 0.146. The summed E-state index contributed by atoms with van der Waals surface area (Å²) in [6, 6.07) is 3.35. The maximum absolute atomic E-state index is 13.3. The van der Waals surface area contributed by atoms with Gasteiger partial charge in [0.2, 0.25) is 0 Å². The van der Waals surface area contributed by atoms with Gasteiger partial charge in [-0.25, -0.2) is 13.6 Å². The SMILES string of the molecule is NC(=O)OCCNCC(O)c1c(F)cccc1F. The minimum atomic E-state index is -1.32. The Hall–Kier alpha value is -1.73. The molecule has 1 rings (SSSR count). The van der Waals surface area contributed by atoms with Gasteiger partial charge < -0.3 is 20.9 Å². The van der Waals surface area contributed by atoms with E-state index < -0.39 is 23.8 Å². The Morgan fingerprint density at radius 3 is 2.61 bits per heavy atom. The van der Waals surface area contributed by atoms with Crippen molar-refractivity contribution in [3.8, 4) is 0 Å². The van der Waals surface area contributed by atoms with E-state index in [0.29, 0.717) is 0 Å². The molecule has 1 atom stereocenters. The van der Waals surface area contributed by atoms with E-state index in [-0.39, 0.29) is 25.3 Å². The second-order valence-corrected chi connectivity index (χ2v) is 3.52. The molecule has 1 aromatic rings. The molecule has 0 aromatic heterocycles. The number of aliphatic hydroxyl groups excluding tert-OH is 1. The summed E-state index contributed by atoms with van der Waals surface area (Å²) in [7, 11) is 0. The van der Waals surface area contributed by atoms with Crippen LogP contribution >= 0.6 is 0 Å². The van der Waals surface area contributed by atoms with Crippen molar-refractivity contribution in [2.24, 2.45) is 5.73 Å². The molecule has 0 aliphatic rings. The second-order valence-electron chi connectivity index (χ2n) is 3.52. The van der Waals surface area contributed by atoms with Crippen molar-refractivity contribution in [1.29, 1.82) is 0 Å². The number of aliphatic hydroxyl groups is 1. The van der Waals surface area contributed by atoms with Gasteiger partial charge in [-0.15, -0.1) is 0 Å². The summed E-state index contributed by atoms with van der Waals surface area (Å²) >= 11 is 0. The summed E-state index contributed by atoms with van der Waals surface area (Å²) in [6.45, 7) is 0.165. The molecule has 0 fully saturated rings. The molecule has 0 saturated carbocycles. The van der Waals surface area contributed by atoms with Gasteiger partial charge in [-0.1, -0.05) is 6.07 Å². The van der Waals surface area contributed by atoms with E-state index in [1.165, 1.54) is 6.07 Å². The Morgan fingerprint density at radius 2 is 2.06 bits per heavy atom. The third kappa shape index (κ3) is 4.27. The topological polar surface area (TPSA) is 84.6 Å². The van der Waals surface area contributed by atoms with E-state index in [1.54, 1.807) is 0 Å². The van der Waals surface area contributed by atoms with E-state index >= 15 is 0 Å². The van der Waals surface area contributed by atoms with Gasteiger partial charge in [-0.05, 0) is 12.1 Å². The minimum Gasteiger partial charge on any atom is -0.448 e. The summed E-state index contributed by atoms with van der Waals surface area (Å²) in [6.07, 6.45) is -2.22. The molecule has 0 spiro atoms. The van der Waals surface area contributed by atoms with Crippen LogP contribution in [0.15, 0.2) is 18.2 Å². The smallest absolute Gasteiger partial charge is 0.404 e. The standard InChI is InChI=1S/C11H14F2N2O3/c12-7-2-1-3-8(13)10(7)9(16)6-15-4-5-18-11(14)17/h1-3,9,15-16H,4-6H2,(H2,14,17). The number of carbonyl (C=O) groups is 1. The highest BCUT2D eigenvalue weighted by molar-refractivity contribution is 5.64. The number of amides is 1. The second kappa shape index (κ2) is 6.87. The van der Waals surface area contributed by atoms with Crippen molar-refractivity contribution in [2.45, 2.75) is 6.10 Å². The quantitative estimate of drug-likeness (QED) is 0.657. The third-order valence-electron chi connectivity index (χ3n) is 2.19. The maximum Gasteiger partial charge on any atom is 0.404 e. The molecule has 7 heteroatoms. The molecular formula is C11H14F2N2O3. The number of primary amides is 1. The van der Waals surface area contributed by atoms with Gasteiger partial charge >= 0.3 is 6.09 Å².